The quantitative estimate of drug-likeness (QED) is 0.0203. The van der Waals surface area contributed by atoms with E-state index >= 15 is 0 Å². The Morgan fingerprint density at radius 2 is 1.52 bits per heavy atom. The average molecular weight is 1470 g/mol. The fourth-order valence-electron chi connectivity index (χ4n) is 16.7. The third-order valence-corrected chi connectivity index (χ3v) is 21.2. The average Bonchev–Trinajstić information content (AvgIpc) is 0.889. The van der Waals surface area contributed by atoms with Gasteiger partial charge < -0.3 is 83.9 Å². The number of thiazole rings is 1. The van der Waals surface area contributed by atoms with Gasteiger partial charge in [-0.15, -0.1) is 0 Å². The molecule has 32 heteroatoms. The number of aromatic carboxylic acids is 1. The second kappa shape index (κ2) is 31.6. The first-order valence-electron chi connectivity index (χ1n) is 34.7. The van der Waals surface area contributed by atoms with Gasteiger partial charge in [-0.05, 0) is 122 Å². The maximum Gasteiger partial charge on any atom is 0.410 e. The number of amides is 6. The van der Waals surface area contributed by atoms with Gasteiger partial charge in [0.2, 0.25) is 18.1 Å². The standard InChI is InChI=1S/C73H86N10O21S/c1-42-48(46-13-15-54(78-59(46)65(92)93)81-22-19-45-49(32-81)47(12-14-51(45)98-5)64(91)79-68-77-50-8-6-7-9-53(50)105-68)31-76-83(42)41-72-36-70(2)35-71(3,37-72)39-73(38-70,40-72)102-27-24-80(23-26-97-4)69(96)101-34-43-10-11-44(103-67-62(90)60(88)61(89)63(104-67)66(94)95)30-52(43)100-29-28-99-25-21-75-55(84)18-20-74-56(85)33-82-57(86)16-17-58(82)87/h6-17,30-31,60-63,67,88-90H,18-29,32-41H2,1-5H3,(H,74,85)(H,75,84)(H,92,93)(H,94,95)(H,77,79,91)/t60-,61-,62+,63-,67+,70?,71?,72?,73?/m0/s1. The molecule has 7 aliphatic rings. The summed E-state index contributed by atoms with van der Waals surface area (Å²) >= 11 is 1.39. The molecule has 13 rings (SSSR count). The first kappa shape index (κ1) is 75.0. The summed E-state index contributed by atoms with van der Waals surface area (Å²) in [4.78, 5) is 115. The van der Waals surface area contributed by atoms with E-state index in [1.165, 1.54) is 41.5 Å². The largest absolute Gasteiger partial charge is 0.496 e. The van der Waals surface area contributed by atoms with E-state index in [9.17, 15) is 63.9 Å². The zero-order valence-corrected chi connectivity index (χ0v) is 59.6. The van der Waals surface area contributed by atoms with E-state index < -0.39 is 84.5 Å². The number of hydrogen-bond acceptors (Lipinski definition) is 24. The maximum atomic E-state index is 14.2. The molecule has 1 saturated heterocycles. The Morgan fingerprint density at radius 1 is 0.771 bits per heavy atom. The molecule has 31 nitrogen and oxygen atoms in total. The van der Waals surface area contributed by atoms with E-state index in [1.54, 1.807) is 31.5 Å². The summed E-state index contributed by atoms with van der Waals surface area (Å²) in [6.07, 6.45) is -0.650. The van der Waals surface area contributed by atoms with Gasteiger partial charge in [-0.2, -0.15) is 5.10 Å². The highest BCUT2D eigenvalue weighted by Gasteiger charge is 2.66. The van der Waals surface area contributed by atoms with Gasteiger partial charge in [0.1, 0.15) is 61.1 Å². The van der Waals surface area contributed by atoms with Crippen LogP contribution in [0.5, 0.6) is 17.2 Å². The van der Waals surface area contributed by atoms with Crippen molar-refractivity contribution in [2.24, 2.45) is 16.2 Å². The van der Waals surface area contributed by atoms with Crippen LogP contribution in [0.2, 0.25) is 0 Å². The topological polar surface area (TPSA) is 401 Å². The highest BCUT2D eigenvalue weighted by molar-refractivity contribution is 7.22. The van der Waals surface area contributed by atoms with Crippen molar-refractivity contribution in [2.75, 3.05) is 96.7 Å². The Bertz CT molecular complexity index is 4260. The number of aliphatic hydroxyl groups is 3. The molecular formula is C73H86N10O21S. The van der Waals surface area contributed by atoms with Gasteiger partial charge >= 0.3 is 18.0 Å². The van der Waals surface area contributed by atoms with E-state index in [1.807, 2.05) is 46.8 Å². The number of carboxylic acid groups (broad SMARTS) is 2. The molecule has 8 N–H and O–H groups in total. The molecule has 5 fully saturated rings. The third-order valence-electron chi connectivity index (χ3n) is 20.3. The number of fused-ring (bicyclic) bond motifs is 2. The number of imide groups is 1. The lowest BCUT2D eigenvalue weighted by Crippen LogP contribution is -2.64. The van der Waals surface area contributed by atoms with Crippen LogP contribution in [-0.4, -0.2) is 225 Å². The molecule has 6 amide bonds. The highest BCUT2D eigenvalue weighted by Crippen LogP contribution is 2.72. The number of aliphatic carboxylic acids is 1. The summed E-state index contributed by atoms with van der Waals surface area (Å²) in [6, 6.07) is 19.1. The van der Waals surface area contributed by atoms with E-state index in [4.69, 9.17) is 48.0 Å². The second-order valence-electron chi connectivity index (χ2n) is 28.4. The van der Waals surface area contributed by atoms with Gasteiger partial charge in [0, 0.05) is 111 Å². The van der Waals surface area contributed by atoms with Crippen LogP contribution in [0, 0.1) is 23.2 Å². The summed E-state index contributed by atoms with van der Waals surface area (Å²) < 4.78 is 50.1. The van der Waals surface area contributed by atoms with Crippen molar-refractivity contribution in [3.63, 3.8) is 0 Å². The van der Waals surface area contributed by atoms with E-state index in [0.29, 0.717) is 58.5 Å². The maximum absolute atomic E-state index is 14.2. The third kappa shape index (κ3) is 16.9. The number of hydrogen-bond donors (Lipinski definition) is 8. The zero-order valence-electron chi connectivity index (χ0n) is 58.8. The van der Waals surface area contributed by atoms with Gasteiger partial charge in [-0.25, -0.2) is 24.4 Å². The van der Waals surface area contributed by atoms with Crippen molar-refractivity contribution < 1.29 is 102 Å². The van der Waals surface area contributed by atoms with Crippen LogP contribution in [0.15, 0.2) is 85.1 Å². The number of benzene rings is 3. The van der Waals surface area contributed by atoms with Crippen LogP contribution in [-0.2, 0) is 73.8 Å². The lowest BCUT2D eigenvalue weighted by molar-refractivity contribution is -0.271. The fraction of sp³-hybridized carbons (Fsp3) is 0.493. The van der Waals surface area contributed by atoms with Crippen molar-refractivity contribution in [3.05, 3.63) is 119 Å². The lowest BCUT2D eigenvalue weighted by Gasteiger charge is -2.69. The predicted molar refractivity (Wildman–Crippen MR) is 375 cm³/mol. The van der Waals surface area contributed by atoms with Crippen molar-refractivity contribution in [1.82, 2.24) is 40.2 Å². The number of aromatic nitrogens is 4. The first-order chi connectivity index (χ1) is 50.3. The monoisotopic (exact) mass is 1470 g/mol. The zero-order chi connectivity index (χ0) is 74.5. The number of rotatable bonds is 32. The molecule has 3 aromatic carbocycles. The summed E-state index contributed by atoms with van der Waals surface area (Å²) in [5.74, 6) is -4.16. The molecule has 4 aliphatic carbocycles. The summed E-state index contributed by atoms with van der Waals surface area (Å²) in [5.41, 5.74) is 3.99. The van der Waals surface area contributed by atoms with Crippen LogP contribution in [0.1, 0.15) is 102 Å². The molecule has 6 heterocycles. The van der Waals surface area contributed by atoms with Crippen LogP contribution in [0.25, 0.3) is 21.3 Å². The fourth-order valence-corrected chi connectivity index (χ4v) is 17.5. The number of carbonyl (C=O) groups is 8. The molecule has 3 aromatic heterocycles. The van der Waals surface area contributed by atoms with Crippen LogP contribution in [0.4, 0.5) is 15.7 Å². The number of nitrogens with zero attached hydrogens (tertiary/aromatic N) is 7. The molecule has 105 heavy (non-hydrogen) atoms. The van der Waals surface area contributed by atoms with Gasteiger partial charge in [-0.1, -0.05) is 37.3 Å². The summed E-state index contributed by atoms with van der Waals surface area (Å²) in [7, 11) is 3.11. The highest BCUT2D eigenvalue weighted by atomic mass is 32.1. The number of ether oxygens (including phenoxy) is 8. The van der Waals surface area contributed by atoms with Gasteiger partial charge in [-0.3, -0.25) is 38.9 Å². The van der Waals surface area contributed by atoms with Crippen LogP contribution < -0.4 is 35.1 Å². The van der Waals surface area contributed by atoms with Crippen LogP contribution >= 0.6 is 11.3 Å². The van der Waals surface area contributed by atoms with E-state index in [-0.39, 0.29) is 118 Å². The summed E-state index contributed by atoms with van der Waals surface area (Å²) in [5, 5.41) is 65.5. The number of carboxylic acids is 2. The Balaban J connectivity index is 0.676. The number of anilines is 2. The van der Waals surface area contributed by atoms with Gasteiger partial charge in [0.05, 0.1) is 55.6 Å². The number of para-hydroxylation sites is 1. The number of carbonyl (C=O) groups excluding carboxylic acids is 6. The SMILES string of the molecule is COCCN(CCOC12CC3(C)CC(C)(CC(Cn4ncc(-c5ccc(N6CCc7c(OC)ccc(C(=O)Nc8nc9ccccc9s8)c7C6)nc5C(=O)O)c4C)(C3)C1)C2)C(=O)OCc1ccc(O[C@@H]2O[C@H](C(=O)O)[C@@H](O)[C@H](O)[C@H]2O)cc1OCCOCCNC(=O)CCNC(=O)CN1C(=O)C=CC1=O. The molecule has 4 bridgehead atoms. The van der Waals surface area contributed by atoms with Crippen molar-refractivity contribution in [3.8, 4) is 28.4 Å². The second-order valence-corrected chi connectivity index (χ2v) is 29.5. The molecule has 560 valence electrons. The molecule has 6 aromatic rings. The molecule has 7 atom stereocenters. The normalized spacial score (nSPS) is 24.4. The Kier molecular flexibility index (Phi) is 22.6. The van der Waals surface area contributed by atoms with Gasteiger partial charge in [0.25, 0.3) is 17.7 Å². The Labute approximate surface area is 607 Å². The molecule has 0 radical (unpaired) electrons. The lowest BCUT2D eigenvalue weighted by atomic mass is 9.39. The first-order valence-corrected chi connectivity index (χ1v) is 35.5. The number of methoxy groups -OCH3 is 2. The van der Waals surface area contributed by atoms with Crippen molar-refractivity contribution in [2.45, 2.75) is 128 Å². The van der Waals surface area contributed by atoms with Crippen molar-refractivity contribution >= 4 is 80.1 Å². The van der Waals surface area contributed by atoms with Gasteiger partial charge in [0.15, 0.2) is 16.9 Å². The minimum Gasteiger partial charge on any atom is -0.496 e. The Hall–Kier alpha value is -9.67. The van der Waals surface area contributed by atoms with E-state index in [2.05, 4.69) is 34.8 Å². The number of nitrogens with one attached hydrogen (secondary N) is 3. The minimum atomic E-state index is -1.96. The minimum absolute atomic E-state index is 0.0126. The molecule has 4 saturated carbocycles. The predicted octanol–water partition coefficient (Wildman–Crippen LogP) is 5.02. The molecular weight excluding hydrogens is 1380 g/mol. The summed E-state index contributed by atoms with van der Waals surface area (Å²) in [6.45, 7) is 7.75. The smallest absolute Gasteiger partial charge is 0.410 e. The molecule has 2 unspecified atom stereocenters. The van der Waals surface area contributed by atoms with Crippen LogP contribution in [0.3, 0.4) is 0 Å². The van der Waals surface area contributed by atoms with E-state index in [0.717, 1.165) is 82.6 Å². The molecule has 0 spiro atoms. The number of aliphatic hydroxyl groups excluding tert-OH is 3. The Morgan fingerprint density at radius 3 is 2.26 bits per heavy atom. The van der Waals surface area contributed by atoms with Crippen molar-refractivity contribution in [1.29, 1.82) is 0 Å². The molecule has 3 aliphatic heterocycles. The number of pyridine rings is 1.